The van der Waals surface area contributed by atoms with Gasteiger partial charge in [0.05, 0.1) is 23.8 Å². The predicted molar refractivity (Wildman–Crippen MR) is 90.1 cm³/mol. The summed E-state index contributed by atoms with van der Waals surface area (Å²) < 4.78 is 41.1. The Morgan fingerprint density at radius 3 is 2.33 bits per heavy atom. The van der Waals surface area contributed by atoms with E-state index in [0.29, 0.717) is 23.8 Å². The SMILES string of the molecule is Cc1ccc(S(=O)(=O)Oc2c(Cl)cc(Cl)cc2C2OCCO2)cc1. The molecule has 0 atom stereocenters. The Bertz CT molecular complexity index is 844. The molecule has 2 aromatic rings. The summed E-state index contributed by atoms with van der Waals surface area (Å²) in [6.07, 6.45) is -0.774. The van der Waals surface area contributed by atoms with Crippen molar-refractivity contribution in [1.29, 1.82) is 0 Å². The molecule has 0 aromatic heterocycles. The van der Waals surface area contributed by atoms with Gasteiger partial charge in [0.15, 0.2) is 12.0 Å². The summed E-state index contributed by atoms with van der Waals surface area (Å²) in [5, 5.41) is 0.390. The van der Waals surface area contributed by atoms with Crippen LogP contribution in [0.1, 0.15) is 17.4 Å². The first-order chi connectivity index (χ1) is 11.4. The number of benzene rings is 2. The molecule has 1 heterocycles. The van der Waals surface area contributed by atoms with E-state index in [4.69, 9.17) is 36.9 Å². The highest BCUT2D eigenvalue weighted by Crippen LogP contribution is 2.40. The van der Waals surface area contributed by atoms with Gasteiger partial charge in [-0.15, -0.1) is 0 Å². The third-order valence-corrected chi connectivity index (χ3v) is 5.15. The van der Waals surface area contributed by atoms with Crippen LogP contribution in [0.5, 0.6) is 5.75 Å². The van der Waals surface area contributed by atoms with E-state index in [1.54, 1.807) is 12.1 Å². The van der Waals surface area contributed by atoms with Gasteiger partial charge in [0.1, 0.15) is 4.90 Å². The molecule has 0 N–H and O–H groups in total. The summed E-state index contributed by atoms with van der Waals surface area (Å²) in [6.45, 7) is 2.64. The highest BCUT2D eigenvalue weighted by Gasteiger charge is 2.28. The van der Waals surface area contributed by atoms with Crippen molar-refractivity contribution < 1.29 is 22.1 Å². The molecule has 0 radical (unpaired) electrons. The largest absolute Gasteiger partial charge is 0.377 e. The number of halogens is 2. The molecule has 5 nitrogen and oxygen atoms in total. The van der Waals surface area contributed by atoms with Crippen LogP contribution in [0.3, 0.4) is 0 Å². The number of hydrogen-bond acceptors (Lipinski definition) is 5. The zero-order chi connectivity index (χ0) is 17.3. The first-order valence-corrected chi connectivity index (χ1v) is 9.26. The molecule has 1 fully saturated rings. The Morgan fingerprint density at radius 1 is 1.08 bits per heavy atom. The van der Waals surface area contributed by atoms with Gasteiger partial charge in [-0.3, -0.25) is 0 Å². The maximum absolute atomic E-state index is 12.5. The molecular formula is C16H14Cl2O5S. The van der Waals surface area contributed by atoms with E-state index in [1.165, 1.54) is 24.3 Å². The summed E-state index contributed by atoms with van der Waals surface area (Å²) in [6, 6.07) is 9.23. The molecule has 2 aromatic carbocycles. The van der Waals surface area contributed by atoms with Gasteiger partial charge < -0.3 is 13.7 Å². The zero-order valence-electron chi connectivity index (χ0n) is 12.7. The van der Waals surface area contributed by atoms with Gasteiger partial charge in [-0.1, -0.05) is 40.9 Å². The van der Waals surface area contributed by atoms with Gasteiger partial charge >= 0.3 is 10.1 Å². The molecule has 0 unspecified atom stereocenters. The molecular weight excluding hydrogens is 375 g/mol. The van der Waals surface area contributed by atoms with Crippen molar-refractivity contribution in [2.75, 3.05) is 13.2 Å². The summed E-state index contributed by atoms with van der Waals surface area (Å²) >= 11 is 12.2. The van der Waals surface area contributed by atoms with Crippen molar-refractivity contribution in [2.24, 2.45) is 0 Å². The minimum absolute atomic E-state index is 0.0262. The molecule has 1 aliphatic heterocycles. The van der Waals surface area contributed by atoms with Crippen LogP contribution in [0.25, 0.3) is 0 Å². The van der Waals surface area contributed by atoms with Crippen LogP contribution in [0.15, 0.2) is 41.3 Å². The molecule has 1 aliphatic rings. The van der Waals surface area contributed by atoms with E-state index in [1.807, 2.05) is 6.92 Å². The second kappa shape index (κ2) is 6.90. The lowest BCUT2D eigenvalue weighted by Gasteiger charge is -2.17. The third kappa shape index (κ3) is 3.68. The van der Waals surface area contributed by atoms with Crippen LogP contribution in [0.2, 0.25) is 10.0 Å². The predicted octanol–water partition coefficient (Wildman–Crippen LogP) is 4.11. The van der Waals surface area contributed by atoms with Crippen LogP contribution in [-0.4, -0.2) is 21.6 Å². The second-order valence-electron chi connectivity index (χ2n) is 5.23. The summed E-state index contributed by atoms with van der Waals surface area (Å²) in [4.78, 5) is 0.0262. The monoisotopic (exact) mass is 388 g/mol. The molecule has 128 valence electrons. The Morgan fingerprint density at radius 2 is 1.71 bits per heavy atom. The standard InChI is InChI=1S/C16H14Cl2O5S/c1-10-2-4-12(5-3-10)24(19,20)23-15-13(16-21-6-7-22-16)8-11(17)9-14(15)18/h2-5,8-9,16H,6-7H2,1H3. The molecule has 0 saturated carbocycles. The fourth-order valence-corrected chi connectivity index (χ4v) is 3.81. The average Bonchev–Trinajstić information content (AvgIpc) is 3.04. The lowest BCUT2D eigenvalue weighted by atomic mass is 10.2. The van der Waals surface area contributed by atoms with Crippen LogP contribution in [-0.2, 0) is 19.6 Å². The first-order valence-electron chi connectivity index (χ1n) is 7.10. The highest BCUT2D eigenvalue weighted by atomic mass is 35.5. The van der Waals surface area contributed by atoms with Gasteiger partial charge in [-0.2, -0.15) is 8.42 Å². The fourth-order valence-electron chi connectivity index (χ4n) is 2.24. The van der Waals surface area contributed by atoms with Crippen molar-refractivity contribution in [3.8, 4) is 5.75 Å². The molecule has 0 spiro atoms. The Kier molecular flexibility index (Phi) is 5.03. The van der Waals surface area contributed by atoms with Crippen molar-refractivity contribution in [3.05, 3.63) is 57.6 Å². The number of ether oxygens (including phenoxy) is 2. The van der Waals surface area contributed by atoms with Crippen LogP contribution >= 0.6 is 23.2 Å². The lowest BCUT2D eigenvalue weighted by Crippen LogP contribution is -2.13. The quantitative estimate of drug-likeness (QED) is 0.737. The fraction of sp³-hybridized carbons (Fsp3) is 0.250. The molecule has 1 saturated heterocycles. The number of hydrogen-bond donors (Lipinski definition) is 0. The van der Waals surface area contributed by atoms with Gasteiger partial charge in [0.25, 0.3) is 0 Å². The highest BCUT2D eigenvalue weighted by molar-refractivity contribution is 7.87. The first kappa shape index (κ1) is 17.5. The van der Waals surface area contributed by atoms with Crippen LogP contribution in [0.4, 0.5) is 0 Å². The van der Waals surface area contributed by atoms with Crippen molar-refractivity contribution in [1.82, 2.24) is 0 Å². The Labute approximate surface area is 150 Å². The van der Waals surface area contributed by atoms with E-state index in [9.17, 15) is 8.42 Å². The molecule has 3 rings (SSSR count). The topological polar surface area (TPSA) is 61.8 Å². The number of aryl methyl sites for hydroxylation is 1. The van der Waals surface area contributed by atoms with E-state index in [2.05, 4.69) is 0 Å². The van der Waals surface area contributed by atoms with Crippen LogP contribution < -0.4 is 4.18 Å². The van der Waals surface area contributed by atoms with Crippen molar-refractivity contribution >= 4 is 33.3 Å². The van der Waals surface area contributed by atoms with E-state index in [0.717, 1.165) is 5.56 Å². The summed E-state index contributed by atoms with van der Waals surface area (Å²) in [5.41, 5.74) is 1.27. The van der Waals surface area contributed by atoms with Gasteiger partial charge in [0, 0.05) is 5.02 Å². The van der Waals surface area contributed by atoms with Crippen LogP contribution in [0, 0.1) is 6.92 Å². The molecule has 8 heteroatoms. The van der Waals surface area contributed by atoms with Gasteiger partial charge in [-0.25, -0.2) is 0 Å². The normalized spacial score (nSPS) is 15.6. The van der Waals surface area contributed by atoms with Crippen molar-refractivity contribution in [2.45, 2.75) is 18.1 Å². The number of rotatable bonds is 4. The molecule has 24 heavy (non-hydrogen) atoms. The maximum atomic E-state index is 12.5. The zero-order valence-corrected chi connectivity index (χ0v) is 15.0. The minimum atomic E-state index is -4.06. The van der Waals surface area contributed by atoms with E-state index < -0.39 is 16.4 Å². The summed E-state index contributed by atoms with van der Waals surface area (Å²) in [7, 11) is -4.06. The van der Waals surface area contributed by atoms with E-state index >= 15 is 0 Å². The maximum Gasteiger partial charge on any atom is 0.339 e. The molecule has 0 bridgehead atoms. The average molecular weight is 389 g/mol. The van der Waals surface area contributed by atoms with Crippen molar-refractivity contribution in [3.63, 3.8) is 0 Å². The third-order valence-electron chi connectivity index (χ3n) is 3.42. The Balaban J connectivity index is 2.01. The van der Waals surface area contributed by atoms with Gasteiger partial charge in [0.2, 0.25) is 0 Å². The summed E-state index contributed by atoms with van der Waals surface area (Å²) in [5.74, 6) is -0.0476. The lowest BCUT2D eigenvalue weighted by molar-refractivity contribution is -0.0449. The Hall–Kier alpha value is -1.31. The minimum Gasteiger partial charge on any atom is -0.377 e. The van der Waals surface area contributed by atoms with Gasteiger partial charge in [-0.05, 0) is 31.2 Å². The smallest absolute Gasteiger partial charge is 0.339 e. The van der Waals surface area contributed by atoms with E-state index in [-0.39, 0.29) is 15.7 Å². The second-order valence-corrected chi connectivity index (χ2v) is 7.62. The molecule has 0 aliphatic carbocycles. The molecule has 0 amide bonds.